The molecule has 0 aromatic heterocycles. The van der Waals surface area contributed by atoms with Crippen molar-refractivity contribution in [1.82, 2.24) is 10.2 Å². The molecule has 1 fully saturated rings. The van der Waals surface area contributed by atoms with Crippen molar-refractivity contribution in [2.75, 3.05) is 20.1 Å². The normalized spacial score (nSPS) is 21.2. The van der Waals surface area contributed by atoms with Gasteiger partial charge < -0.3 is 16.0 Å². The van der Waals surface area contributed by atoms with Crippen LogP contribution in [0, 0.1) is 0 Å². The van der Waals surface area contributed by atoms with Crippen LogP contribution in [0.2, 0.25) is 0 Å². The molecule has 0 saturated carbocycles. The minimum absolute atomic E-state index is 0.0145. The lowest BCUT2D eigenvalue weighted by Gasteiger charge is -2.21. The van der Waals surface area contributed by atoms with Gasteiger partial charge >= 0.3 is 0 Å². The van der Waals surface area contributed by atoms with Gasteiger partial charge in [-0.1, -0.05) is 0 Å². The quantitative estimate of drug-likeness (QED) is 0.614. The third kappa shape index (κ3) is 2.45. The molecule has 1 aliphatic rings. The standard InChI is InChI=1S/C9H17N3O2/c1-11-5-4-8(13)12-6-2-3-7(12)9(10)14/h7,11H,2-6H2,1H3,(H2,10,14)/t7-/m0/s1. The number of hydrogen-bond acceptors (Lipinski definition) is 3. The highest BCUT2D eigenvalue weighted by atomic mass is 16.2. The highest BCUT2D eigenvalue weighted by molar-refractivity contribution is 5.87. The van der Waals surface area contributed by atoms with Crippen molar-refractivity contribution in [2.45, 2.75) is 25.3 Å². The Labute approximate surface area is 83.6 Å². The first-order valence-corrected chi connectivity index (χ1v) is 4.90. The summed E-state index contributed by atoms with van der Waals surface area (Å²) >= 11 is 0. The molecule has 0 radical (unpaired) electrons. The molecular weight excluding hydrogens is 182 g/mol. The average molecular weight is 199 g/mol. The minimum atomic E-state index is -0.389. The predicted octanol–water partition coefficient (Wildman–Crippen LogP) is -0.928. The summed E-state index contributed by atoms with van der Waals surface area (Å²) in [6, 6.07) is -0.376. The van der Waals surface area contributed by atoms with Crippen LogP contribution >= 0.6 is 0 Å². The van der Waals surface area contributed by atoms with Crippen molar-refractivity contribution in [3.05, 3.63) is 0 Å². The van der Waals surface area contributed by atoms with Crippen LogP contribution in [0.25, 0.3) is 0 Å². The monoisotopic (exact) mass is 199 g/mol. The van der Waals surface area contributed by atoms with Crippen LogP contribution in [0.3, 0.4) is 0 Å². The summed E-state index contributed by atoms with van der Waals surface area (Å²) in [4.78, 5) is 24.2. The van der Waals surface area contributed by atoms with E-state index < -0.39 is 0 Å². The fraction of sp³-hybridized carbons (Fsp3) is 0.778. The number of nitrogens with one attached hydrogen (secondary N) is 1. The molecule has 5 nitrogen and oxygen atoms in total. The molecular formula is C9H17N3O2. The maximum atomic E-state index is 11.6. The Morgan fingerprint density at radius 2 is 2.29 bits per heavy atom. The van der Waals surface area contributed by atoms with Crippen LogP contribution in [-0.2, 0) is 9.59 Å². The number of rotatable bonds is 4. The molecule has 1 rings (SSSR count). The van der Waals surface area contributed by atoms with Gasteiger partial charge in [0.25, 0.3) is 0 Å². The molecule has 0 aliphatic carbocycles. The molecule has 1 atom stereocenters. The summed E-state index contributed by atoms with van der Waals surface area (Å²) in [5.41, 5.74) is 5.21. The van der Waals surface area contributed by atoms with E-state index in [1.54, 1.807) is 11.9 Å². The lowest BCUT2D eigenvalue weighted by molar-refractivity contribution is -0.137. The number of amides is 2. The second-order valence-electron chi connectivity index (χ2n) is 3.50. The molecule has 0 aromatic carbocycles. The maximum Gasteiger partial charge on any atom is 0.240 e. The number of nitrogens with two attached hydrogens (primary N) is 1. The fourth-order valence-electron chi connectivity index (χ4n) is 1.74. The molecule has 3 N–H and O–H groups in total. The highest BCUT2D eigenvalue weighted by Gasteiger charge is 2.31. The van der Waals surface area contributed by atoms with Gasteiger partial charge in [-0.15, -0.1) is 0 Å². The topological polar surface area (TPSA) is 75.4 Å². The average Bonchev–Trinajstić information content (AvgIpc) is 2.62. The van der Waals surface area contributed by atoms with Gasteiger partial charge in [-0.2, -0.15) is 0 Å². The Bertz CT molecular complexity index is 230. The molecule has 0 aromatic rings. The number of nitrogens with zero attached hydrogens (tertiary/aromatic N) is 1. The van der Waals surface area contributed by atoms with E-state index in [-0.39, 0.29) is 17.9 Å². The summed E-state index contributed by atoms with van der Waals surface area (Å²) in [6.45, 7) is 1.30. The zero-order valence-electron chi connectivity index (χ0n) is 8.45. The van der Waals surface area contributed by atoms with Crippen LogP contribution in [-0.4, -0.2) is 42.9 Å². The second kappa shape index (κ2) is 4.95. The summed E-state index contributed by atoms with van der Waals surface area (Å²) in [6.07, 6.45) is 2.01. The maximum absolute atomic E-state index is 11.6. The molecule has 1 aliphatic heterocycles. The molecule has 1 saturated heterocycles. The molecule has 1 heterocycles. The lowest BCUT2D eigenvalue weighted by Crippen LogP contribution is -2.44. The van der Waals surface area contributed by atoms with Gasteiger partial charge in [-0.3, -0.25) is 9.59 Å². The molecule has 5 heteroatoms. The van der Waals surface area contributed by atoms with Crippen LogP contribution < -0.4 is 11.1 Å². The zero-order chi connectivity index (χ0) is 10.6. The molecule has 0 spiro atoms. The molecule has 80 valence electrons. The van der Waals surface area contributed by atoms with Gasteiger partial charge in [-0.25, -0.2) is 0 Å². The number of primary amides is 1. The first-order chi connectivity index (χ1) is 6.66. The highest BCUT2D eigenvalue weighted by Crippen LogP contribution is 2.17. The van der Waals surface area contributed by atoms with E-state index in [1.165, 1.54) is 0 Å². The summed E-state index contributed by atoms with van der Waals surface area (Å²) in [5, 5.41) is 2.90. The van der Waals surface area contributed by atoms with E-state index in [9.17, 15) is 9.59 Å². The number of carbonyl (C=O) groups is 2. The van der Waals surface area contributed by atoms with Crippen LogP contribution in [0.4, 0.5) is 0 Å². The van der Waals surface area contributed by atoms with Crippen molar-refractivity contribution in [3.63, 3.8) is 0 Å². The van der Waals surface area contributed by atoms with Crippen molar-refractivity contribution < 1.29 is 9.59 Å². The van der Waals surface area contributed by atoms with Crippen LogP contribution in [0.1, 0.15) is 19.3 Å². The third-order valence-corrected chi connectivity index (χ3v) is 2.49. The van der Waals surface area contributed by atoms with Crippen LogP contribution in [0.5, 0.6) is 0 Å². The molecule has 14 heavy (non-hydrogen) atoms. The Hall–Kier alpha value is -1.10. The SMILES string of the molecule is CNCCC(=O)N1CCC[C@H]1C(N)=O. The van der Waals surface area contributed by atoms with E-state index in [2.05, 4.69) is 5.32 Å². The van der Waals surface area contributed by atoms with Gasteiger partial charge in [0.2, 0.25) is 11.8 Å². The number of hydrogen-bond donors (Lipinski definition) is 2. The van der Waals surface area contributed by atoms with E-state index in [1.807, 2.05) is 0 Å². The van der Waals surface area contributed by atoms with Gasteiger partial charge in [0.15, 0.2) is 0 Å². The lowest BCUT2D eigenvalue weighted by atomic mass is 10.2. The van der Waals surface area contributed by atoms with E-state index in [4.69, 9.17) is 5.73 Å². The Kier molecular flexibility index (Phi) is 3.88. The fourth-order valence-corrected chi connectivity index (χ4v) is 1.74. The third-order valence-electron chi connectivity index (χ3n) is 2.49. The van der Waals surface area contributed by atoms with Gasteiger partial charge in [-0.05, 0) is 19.9 Å². The predicted molar refractivity (Wildman–Crippen MR) is 52.5 cm³/mol. The van der Waals surface area contributed by atoms with Crippen molar-refractivity contribution in [3.8, 4) is 0 Å². The first kappa shape index (κ1) is 11.0. The summed E-state index contributed by atoms with van der Waals surface area (Å²) < 4.78 is 0. The van der Waals surface area contributed by atoms with E-state index in [0.717, 1.165) is 6.42 Å². The van der Waals surface area contributed by atoms with Crippen molar-refractivity contribution >= 4 is 11.8 Å². The Balaban J connectivity index is 2.49. The van der Waals surface area contributed by atoms with E-state index >= 15 is 0 Å². The van der Waals surface area contributed by atoms with Crippen molar-refractivity contribution in [1.29, 1.82) is 0 Å². The van der Waals surface area contributed by atoms with Gasteiger partial charge in [0, 0.05) is 19.5 Å². The summed E-state index contributed by atoms with van der Waals surface area (Å²) in [7, 11) is 1.79. The largest absolute Gasteiger partial charge is 0.368 e. The van der Waals surface area contributed by atoms with Crippen LogP contribution in [0.15, 0.2) is 0 Å². The molecule has 2 amide bonds. The number of likely N-dealkylation sites (tertiary alicyclic amines) is 1. The Morgan fingerprint density at radius 3 is 2.86 bits per heavy atom. The minimum Gasteiger partial charge on any atom is -0.368 e. The van der Waals surface area contributed by atoms with Crippen molar-refractivity contribution in [2.24, 2.45) is 5.73 Å². The Morgan fingerprint density at radius 1 is 1.57 bits per heavy atom. The first-order valence-electron chi connectivity index (χ1n) is 4.90. The smallest absolute Gasteiger partial charge is 0.240 e. The van der Waals surface area contributed by atoms with Gasteiger partial charge in [0.05, 0.1) is 0 Å². The van der Waals surface area contributed by atoms with Gasteiger partial charge in [0.1, 0.15) is 6.04 Å². The molecule has 0 unspecified atom stereocenters. The molecule has 0 bridgehead atoms. The zero-order valence-corrected chi connectivity index (χ0v) is 8.45. The van der Waals surface area contributed by atoms with E-state index in [0.29, 0.717) is 25.9 Å². The summed E-state index contributed by atoms with van der Waals surface area (Å²) in [5.74, 6) is -0.374. The second-order valence-corrected chi connectivity index (χ2v) is 3.50. The number of carbonyl (C=O) groups excluding carboxylic acids is 2.